The molecule has 5 rings (SSSR count). The van der Waals surface area contributed by atoms with Crippen LogP contribution >= 0.6 is 0 Å². The average Bonchev–Trinajstić information content (AvgIpc) is 3.21. The fourth-order valence-corrected chi connectivity index (χ4v) is 3.30. The van der Waals surface area contributed by atoms with Crippen LogP contribution < -0.4 is 11.3 Å². The molecule has 9 heteroatoms. The van der Waals surface area contributed by atoms with Crippen molar-refractivity contribution >= 4 is 27.6 Å². The molecule has 28 heavy (non-hydrogen) atoms. The van der Waals surface area contributed by atoms with Crippen LogP contribution in [0, 0.1) is 5.82 Å². The van der Waals surface area contributed by atoms with Crippen LogP contribution in [0.1, 0.15) is 0 Å². The van der Waals surface area contributed by atoms with E-state index in [2.05, 4.69) is 30.4 Å². The number of hydrogen-bond acceptors (Lipinski definition) is 6. The number of aromatic amines is 2. The van der Waals surface area contributed by atoms with Gasteiger partial charge in [0, 0.05) is 28.3 Å². The number of H-pyrrole nitrogens is 2. The Hall–Kier alpha value is -4.14. The van der Waals surface area contributed by atoms with E-state index in [1.807, 2.05) is 0 Å². The van der Waals surface area contributed by atoms with Crippen LogP contribution in [0.25, 0.3) is 44.2 Å². The topological polar surface area (TPSA) is 126 Å². The molecule has 0 saturated heterocycles. The van der Waals surface area contributed by atoms with E-state index in [0.717, 1.165) is 11.1 Å². The molecule has 0 atom stereocenters. The van der Waals surface area contributed by atoms with Crippen LogP contribution in [0.3, 0.4) is 0 Å². The Labute approximate surface area is 156 Å². The molecule has 0 bridgehead atoms. The quantitative estimate of drug-likeness (QED) is 0.437. The lowest BCUT2D eigenvalue weighted by molar-refractivity contribution is 0.636. The lowest BCUT2D eigenvalue weighted by Crippen LogP contribution is -2.14. The van der Waals surface area contributed by atoms with Gasteiger partial charge in [-0.2, -0.15) is 15.3 Å². The zero-order valence-electron chi connectivity index (χ0n) is 14.3. The minimum atomic E-state index is -0.449. The third-order valence-electron chi connectivity index (χ3n) is 4.64. The molecule has 136 valence electrons. The molecule has 4 N–H and O–H groups in total. The van der Waals surface area contributed by atoms with Crippen molar-refractivity contribution in [3.05, 3.63) is 65.2 Å². The van der Waals surface area contributed by atoms with Crippen LogP contribution in [-0.2, 0) is 0 Å². The van der Waals surface area contributed by atoms with Crippen molar-refractivity contribution in [2.45, 2.75) is 0 Å². The second-order valence-electron chi connectivity index (χ2n) is 6.25. The van der Waals surface area contributed by atoms with Gasteiger partial charge in [0.15, 0.2) is 0 Å². The number of fused-ring (bicyclic) bond motifs is 2. The van der Waals surface area contributed by atoms with Crippen molar-refractivity contribution in [1.29, 1.82) is 0 Å². The lowest BCUT2D eigenvalue weighted by atomic mass is 9.98. The number of benzene rings is 1. The number of pyridine rings is 2. The highest BCUT2D eigenvalue weighted by atomic mass is 19.1. The molecule has 0 aliphatic carbocycles. The van der Waals surface area contributed by atoms with Gasteiger partial charge < -0.3 is 10.7 Å². The highest BCUT2D eigenvalue weighted by Gasteiger charge is 2.18. The van der Waals surface area contributed by atoms with Crippen molar-refractivity contribution in [1.82, 2.24) is 30.4 Å². The SMILES string of the molecule is Nc1c(-c2ccc(F)c3[nH]ncc23)c2ncc(-c3ccnnc3)cc2[nH]c1=O. The van der Waals surface area contributed by atoms with E-state index < -0.39 is 11.4 Å². The minimum absolute atomic E-state index is 0.00689. The van der Waals surface area contributed by atoms with E-state index in [9.17, 15) is 9.18 Å². The van der Waals surface area contributed by atoms with Gasteiger partial charge in [-0.05, 0) is 23.8 Å². The number of aromatic nitrogens is 6. The van der Waals surface area contributed by atoms with E-state index in [-0.39, 0.29) is 11.2 Å². The molecule has 0 amide bonds. The number of rotatable bonds is 2. The first kappa shape index (κ1) is 16.1. The van der Waals surface area contributed by atoms with Gasteiger partial charge in [-0.1, -0.05) is 6.07 Å². The van der Waals surface area contributed by atoms with Crippen LogP contribution in [0.2, 0.25) is 0 Å². The van der Waals surface area contributed by atoms with Gasteiger partial charge in [0.1, 0.15) is 17.0 Å². The third kappa shape index (κ3) is 2.33. The summed E-state index contributed by atoms with van der Waals surface area (Å²) in [6, 6.07) is 6.46. The molecule has 0 radical (unpaired) electrons. The molecule has 4 heterocycles. The Morgan fingerprint density at radius 2 is 1.93 bits per heavy atom. The van der Waals surface area contributed by atoms with E-state index >= 15 is 0 Å². The number of hydrogen-bond donors (Lipinski definition) is 3. The molecular weight excluding hydrogens is 361 g/mol. The summed E-state index contributed by atoms with van der Waals surface area (Å²) in [5.41, 5.74) is 9.48. The predicted molar refractivity (Wildman–Crippen MR) is 103 cm³/mol. The first-order valence-electron chi connectivity index (χ1n) is 8.34. The Bertz CT molecular complexity index is 1410. The molecule has 0 spiro atoms. The van der Waals surface area contributed by atoms with Crippen molar-refractivity contribution in [2.24, 2.45) is 0 Å². The van der Waals surface area contributed by atoms with Crippen LogP contribution in [-0.4, -0.2) is 30.4 Å². The second-order valence-corrected chi connectivity index (χ2v) is 6.25. The summed E-state index contributed by atoms with van der Waals surface area (Å²) in [6.07, 6.45) is 6.34. The van der Waals surface area contributed by atoms with Crippen molar-refractivity contribution in [2.75, 3.05) is 5.73 Å². The van der Waals surface area contributed by atoms with Crippen LogP contribution in [0.5, 0.6) is 0 Å². The van der Waals surface area contributed by atoms with Gasteiger partial charge in [-0.3, -0.25) is 14.9 Å². The highest BCUT2D eigenvalue weighted by Crippen LogP contribution is 2.36. The maximum atomic E-state index is 14.1. The van der Waals surface area contributed by atoms with E-state index in [0.29, 0.717) is 27.5 Å². The van der Waals surface area contributed by atoms with Crippen LogP contribution in [0.15, 0.2) is 53.8 Å². The van der Waals surface area contributed by atoms with Gasteiger partial charge in [0.05, 0.1) is 29.6 Å². The summed E-state index contributed by atoms with van der Waals surface area (Å²) in [7, 11) is 0. The number of nitrogens with two attached hydrogens (primary N) is 1. The third-order valence-corrected chi connectivity index (χ3v) is 4.64. The number of nitrogens with zero attached hydrogens (tertiary/aromatic N) is 4. The summed E-state index contributed by atoms with van der Waals surface area (Å²) in [4.78, 5) is 19.8. The van der Waals surface area contributed by atoms with Crippen molar-refractivity contribution < 1.29 is 4.39 Å². The summed E-state index contributed by atoms with van der Waals surface area (Å²) in [6.45, 7) is 0. The molecule has 1 aromatic carbocycles. The van der Waals surface area contributed by atoms with E-state index in [4.69, 9.17) is 5.73 Å². The zero-order chi connectivity index (χ0) is 19.3. The zero-order valence-corrected chi connectivity index (χ0v) is 14.3. The first-order valence-corrected chi connectivity index (χ1v) is 8.34. The molecule has 0 aliphatic heterocycles. The van der Waals surface area contributed by atoms with E-state index in [1.165, 1.54) is 12.3 Å². The number of anilines is 1. The lowest BCUT2D eigenvalue weighted by Gasteiger charge is -2.11. The molecule has 0 fully saturated rings. The predicted octanol–water partition coefficient (Wildman–Crippen LogP) is 2.64. The Balaban J connectivity index is 1.84. The largest absolute Gasteiger partial charge is 0.394 e. The molecule has 5 aromatic rings. The smallest absolute Gasteiger partial charge is 0.272 e. The van der Waals surface area contributed by atoms with Crippen molar-refractivity contribution in [3.8, 4) is 22.3 Å². The normalized spacial score (nSPS) is 11.3. The first-order chi connectivity index (χ1) is 13.6. The molecule has 0 saturated carbocycles. The molecule has 8 nitrogen and oxygen atoms in total. The van der Waals surface area contributed by atoms with E-state index in [1.54, 1.807) is 36.8 Å². The minimum Gasteiger partial charge on any atom is -0.394 e. The molecule has 4 aromatic heterocycles. The van der Waals surface area contributed by atoms with Gasteiger partial charge >= 0.3 is 0 Å². The molecule has 0 aliphatic rings. The van der Waals surface area contributed by atoms with Gasteiger partial charge in [-0.15, -0.1) is 0 Å². The van der Waals surface area contributed by atoms with Crippen LogP contribution in [0.4, 0.5) is 10.1 Å². The fraction of sp³-hybridized carbons (Fsp3) is 0. The summed E-state index contributed by atoms with van der Waals surface area (Å²) >= 11 is 0. The second kappa shape index (κ2) is 5.95. The van der Waals surface area contributed by atoms with Gasteiger partial charge in [-0.25, -0.2) is 4.39 Å². The Morgan fingerprint density at radius 3 is 2.75 bits per heavy atom. The number of halogens is 1. The Kier molecular flexibility index (Phi) is 3.41. The number of nitrogen functional groups attached to an aromatic ring is 1. The highest BCUT2D eigenvalue weighted by molar-refractivity contribution is 6.06. The van der Waals surface area contributed by atoms with Gasteiger partial charge in [0.25, 0.3) is 5.56 Å². The standard InChI is InChI=1S/C19H12FN7O/c20-13-2-1-11(12-8-25-27-17(12)13)15-16(21)19(28)26-14-5-10(6-22-18(14)15)9-3-4-23-24-7-9/h1-8H,21H2,(H,25,27)(H,26,28). The molecular formula is C19H12FN7O. The summed E-state index contributed by atoms with van der Waals surface area (Å²) in [5.74, 6) is -0.440. The monoisotopic (exact) mass is 373 g/mol. The van der Waals surface area contributed by atoms with Crippen molar-refractivity contribution in [3.63, 3.8) is 0 Å². The van der Waals surface area contributed by atoms with Gasteiger partial charge in [0.2, 0.25) is 0 Å². The maximum Gasteiger partial charge on any atom is 0.272 e. The number of nitrogens with one attached hydrogen (secondary N) is 2. The fourth-order valence-electron chi connectivity index (χ4n) is 3.30. The maximum absolute atomic E-state index is 14.1. The average molecular weight is 373 g/mol. The Morgan fingerprint density at radius 1 is 1.04 bits per heavy atom. The summed E-state index contributed by atoms with van der Waals surface area (Å²) < 4.78 is 14.1. The molecule has 0 unspecified atom stereocenters. The summed E-state index contributed by atoms with van der Waals surface area (Å²) in [5, 5.41) is 14.7.